The van der Waals surface area contributed by atoms with Crippen molar-refractivity contribution in [1.82, 2.24) is 10.6 Å². The summed E-state index contributed by atoms with van der Waals surface area (Å²) in [5, 5.41) is 13.7. The van der Waals surface area contributed by atoms with Crippen LogP contribution in [0, 0.1) is 0 Å². The Bertz CT molecular complexity index is 491. The molecule has 1 heterocycles. The number of urea groups is 1. The predicted molar refractivity (Wildman–Crippen MR) is 69.7 cm³/mol. The fourth-order valence-corrected chi connectivity index (χ4v) is 1.89. The smallest absolute Gasteiger partial charge is 0.329 e. The van der Waals surface area contributed by atoms with Crippen LogP contribution in [0.1, 0.15) is 11.6 Å². The maximum Gasteiger partial charge on any atom is 0.329 e. The van der Waals surface area contributed by atoms with E-state index in [1.54, 1.807) is 0 Å². The molecule has 108 valence electrons. The van der Waals surface area contributed by atoms with Crippen molar-refractivity contribution in [3.8, 4) is 5.75 Å². The van der Waals surface area contributed by atoms with Gasteiger partial charge >= 0.3 is 12.0 Å². The molecule has 0 radical (unpaired) electrons. The minimum Gasteiger partial charge on any atom is -0.491 e. The van der Waals surface area contributed by atoms with Gasteiger partial charge < -0.3 is 25.2 Å². The average Bonchev–Trinajstić information content (AvgIpc) is 2.81. The van der Waals surface area contributed by atoms with E-state index in [0.29, 0.717) is 6.61 Å². The molecule has 1 aliphatic heterocycles. The van der Waals surface area contributed by atoms with Crippen molar-refractivity contribution in [2.45, 2.75) is 6.04 Å². The first-order valence-electron chi connectivity index (χ1n) is 6.22. The van der Waals surface area contributed by atoms with Crippen molar-refractivity contribution in [3.63, 3.8) is 0 Å². The Morgan fingerprint density at radius 2 is 2.20 bits per heavy atom. The zero-order chi connectivity index (χ0) is 14.4. The quantitative estimate of drug-likeness (QED) is 0.660. The van der Waals surface area contributed by atoms with E-state index >= 15 is 0 Å². The number of aliphatic carboxylic acids is 1. The van der Waals surface area contributed by atoms with Gasteiger partial charge in [-0.25, -0.2) is 9.59 Å². The van der Waals surface area contributed by atoms with Gasteiger partial charge in [0.25, 0.3) is 0 Å². The Morgan fingerprint density at radius 3 is 3.00 bits per heavy atom. The molecule has 1 aromatic carbocycles. The van der Waals surface area contributed by atoms with Gasteiger partial charge in [0.15, 0.2) is 0 Å². The summed E-state index contributed by atoms with van der Waals surface area (Å²) in [4.78, 5) is 21.9. The number of carbonyl (C=O) groups excluding carboxylic acids is 1. The number of para-hydroxylation sites is 1. The molecule has 0 saturated heterocycles. The van der Waals surface area contributed by atoms with E-state index in [2.05, 4.69) is 10.6 Å². The molecule has 0 aliphatic carbocycles. The maximum atomic E-state index is 11.7. The molecule has 1 atom stereocenters. The van der Waals surface area contributed by atoms with Crippen LogP contribution in [0.5, 0.6) is 5.75 Å². The lowest BCUT2D eigenvalue weighted by Gasteiger charge is -2.12. The number of rotatable bonds is 6. The number of ether oxygens (including phenoxy) is 2. The lowest BCUT2D eigenvalue weighted by Crippen LogP contribution is -2.40. The largest absolute Gasteiger partial charge is 0.491 e. The van der Waals surface area contributed by atoms with E-state index in [0.717, 1.165) is 11.3 Å². The summed E-state index contributed by atoms with van der Waals surface area (Å²) in [6.45, 7) is 0.432. The summed E-state index contributed by atoms with van der Waals surface area (Å²) in [6, 6.07) is 7.01. The van der Waals surface area contributed by atoms with Crippen LogP contribution >= 0.6 is 0 Å². The lowest BCUT2D eigenvalue weighted by atomic mass is 10.1. The van der Waals surface area contributed by atoms with Crippen LogP contribution in [0.4, 0.5) is 4.79 Å². The molecule has 1 aromatic rings. The summed E-state index contributed by atoms with van der Waals surface area (Å²) < 4.78 is 10.3. The molecule has 2 rings (SSSR count). The zero-order valence-electron chi connectivity index (χ0n) is 10.8. The number of fused-ring (bicyclic) bond motifs is 1. The summed E-state index contributed by atoms with van der Waals surface area (Å²) in [6.07, 6.45) is 0. The molecule has 2 amide bonds. The molecule has 20 heavy (non-hydrogen) atoms. The Labute approximate surface area is 115 Å². The highest BCUT2D eigenvalue weighted by molar-refractivity contribution is 5.74. The number of hydrogen-bond acceptors (Lipinski definition) is 4. The number of hydrogen-bond donors (Lipinski definition) is 3. The van der Waals surface area contributed by atoms with E-state index in [4.69, 9.17) is 14.6 Å². The van der Waals surface area contributed by atoms with Gasteiger partial charge in [-0.1, -0.05) is 18.2 Å². The van der Waals surface area contributed by atoms with Crippen LogP contribution in [0.2, 0.25) is 0 Å². The van der Waals surface area contributed by atoms with Crippen LogP contribution < -0.4 is 15.4 Å². The molecule has 3 N–H and O–H groups in total. The third-order valence-electron chi connectivity index (χ3n) is 2.76. The summed E-state index contributed by atoms with van der Waals surface area (Å²) in [5.74, 6) is -0.253. The first-order valence-corrected chi connectivity index (χ1v) is 6.22. The van der Waals surface area contributed by atoms with Crippen molar-refractivity contribution in [2.75, 3.05) is 26.4 Å². The van der Waals surface area contributed by atoms with Gasteiger partial charge in [-0.3, -0.25) is 0 Å². The topological polar surface area (TPSA) is 96.9 Å². The second-order valence-corrected chi connectivity index (χ2v) is 4.25. The highest BCUT2D eigenvalue weighted by Gasteiger charge is 2.24. The van der Waals surface area contributed by atoms with Crippen LogP contribution in [-0.2, 0) is 9.53 Å². The SMILES string of the molecule is O=C(O)COCCNC(=O)NC1COc2ccccc21. The Morgan fingerprint density at radius 1 is 1.40 bits per heavy atom. The number of carbonyl (C=O) groups is 2. The fraction of sp³-hybridized carbons (Fsp3) is 0.385. The second-order valence-electron chi connectivity index (χ2n) is 4.25. The van der Waals surface area contributed by atoms with Gasteiger partial charge in [-0.15, -0.1) is 0 Å². The maximum absolute atomic E-state index is 11.7. The van der Waals surface area contributed by atoms with Crippen molar-refractivity contribution in [3.05, 3.63) is 29.8 Å². The van der Waals surface area contributed by atoms with E-state index in [1.807, 2.05) is 24.3 Å². The Balaban J connectivity index is 1.69. The second kappa shape index (κ2) is 6.76. The van der Waals surface area contributed by atoms with E-state index in [1.165, 1.54) is 0 Å². The predicted octanol–water partition coefficient (Wildman–Crippen LogP) is 0.520. The molecular formula is C13H16N2O5. The zero-order valence-corrected chi connectivity index (χ0v) is 10.8. The molecule has 7 nitrogen and oxygen atoms in total. The summed E-state index contributed by atoms with van der Waals surface area (Å²) in [7, 11) is 0. The number of amides is 2. The third kappa shape index (κ3) is 3.86. The Hall–Kier alpha value is -2.28. The molecule has 0 aromatic heterocycles. The lowest BCUT2D eigenvalue weighted by molar-refractivity contribution is -0.142. The van der Waals surface area contributed by atoms with Crippen molar-refractivity contribution in [1.29, 1.82) is 0 Å². The minimum absolute atomic E-state index is 0.150. The highest BCUT2D eigenvalue weighted by atomic mass is 16.5. The third-order valence-corrected chi connectivity index (χ3v) is 2.76. The summed E-state index contributed by atoms with van der Waals surface area (Å²) in [5.41, 5.74) is 0.949. The monoisotopic (exact) mass is 280 g/mol. The van der Waals surface area contributed by atoms with Crippen molar-refractivity contribution < 1.29 is 24.2 Å². The average molecular weight is 280 g/mol. The van der Waals surface area contributed by atoms with Crippen LogP contribution in [0.15, 0.2) is 24.3 Å². The van der Waals surface area contributed by atoms with Crippen LogP contribution in [0.25, 0.3) is 0 Å². The van der Waals surface area contributed by atoms with Gasteiger partial charge in [-0.05, 0) is 6.07 Å². The van der Waals surface area contributed by atoms with Gasteiger partial charge in [0, 0.05) is 12.1 Å². The molecule has 0 spiro atoms. The molecule has 0 bridgehead atoms. The van der Waals surface area contributed by atoms with E-state index in [-0.39, 0.29) is 31.8 Å². The van der Waals surface area contributed by atoms with Crippen molar-refractivity contribution in [2.24, 2.45) is 0 Å². The van der Waals surface area contributed by atoms with E-state index < -0.39 is 5.97 Å². The van der Waals surface area contributed by atoms with Crippen LogP contribution in [-0.4, -0.2) is 43.5 Å². The molecule has 7 heteroatoms. The summed E-state index contributed by atoms with van der Waals surface area (Å²) >= 11 is 0. The first kappa shape index (κ1) is 14.1. The van der Waals surface area contributed by atoms with Gasteiger partial charge in [0.1, 0.15) is 19.0 Å². The number of carboxylic acid groups (broad SMARTS) is 1. The molecular weight excluding hydrogens is 264 g/mol. The molecule has 1 unspecified atom stereocenters. The van der Waals surface area contributed by atoms with Gasteiger partial charge in [-0.2, -0.15) is 0 Å². The fourth-order valence-electron chi connectivity index (χ4n) is 1.89. The van der Waals surface area contributed by atoms with Crippen molar-refractivity contribution >= 4 is 12.0 Å². The number of nitrogens with one attached hydrogen (secondary N) is 2. The first-order chi connectivity index (χ1) is 9.66. The standard InChI is InChI=1S/C13H16N2O5/c16-12(17)8-19-6-5-14-13(18)15-10-7-20-11-4-2-1-3-9(10)11/h1-4,10H,5-8H2,(H,16,17)(H2,14,15,18). The van der Waals surface area contributed by atoms with Crippen LogP contribution in [0.3, 0.4) is 0 Å². The molecule has 1 aliphatic rings. The molecule has 0 saturated carbocycles. The van der Waals surface area contributed by atoms with E-state index in [9.17, 15) is 9.59 Å². The Kier molecular flexibility index (Phi) is 4.78. The normalized spacial score (nSPS) is 16.1. The van der Waals surface area contributed by atoms with Gasteiger partial charge in [0.2, 0.25) is 0 Å². The highest BCUT2D eigenvalue weighted by Crippen LogP contribution is 2.31. The van der Waals surface area contributed by atoms with Gasteiger partial charge in [0.05, 0.1) is 12.6 Å². The molecule has 0 fully saturated rings. The number of benzene rings is 1. The minimum atomic E-state index is -1.03. The number of carboxylic acids is 1.